The first-order valence-corrected chi connectivity index (χ1v) is 10.2. The molecule has 3 atom stereocenters. The van der Waals surface area contributed by atoms with Gasteiger partial charge in [-0.3, -0.25) is 4.79 Å². The Morgan fingerprint density at radius 3 is 2.66 bits per heavy atom. The molecular weight excluding hydrogens is 368 g/mol. The number of phenolic OH excluding ortho intramolecular Hbond substituents is 2. The lowest BCUT2D eigenvalue weighted by Crippen LogP contribution is -2.34. The Morgan fingerprint density at radius 2 is 1.90 bits per heavy atom. The maximum atomic E-state index is 12.6. The van der Waals surface area contributed by atoms with Gasteiger partial charge in [-0.1, -0.05) is 25.1 Å². The van der Waals surface area contributed by atoms with Crippen molar-refractivity contribution in [1.82, 2.24) is 0 Å². The maximum Gasteiger partial charge on any atom is 0.167 e. The lowest BCUT2D eigenvalue weighted by atomic mass is 9.74. The predicted octanol–water partition coefficient (Wildman–Crippen LogP) is 4.58. The van der Waals surface area contributed by atoms with Gasteiger partial charge in [0.05, 0.1) is 11.7 Å². The first-order valence-electron chi connectivity index (χ1n) is 10.2. The molecule has 5 rings (SSSR count). The van der Waals surface area contributed by atoms with Gasteiger partial charge in [0.1, 0.15) is 17.6 Å². The maximum absolute atomic E-state index is 12.6. The molecular formula is C24H24O5. The van der Waals surface area contributed by atoms with Crippen molar-refractivity contribution >= 4 is 16.9 Å². The molecule has 3 aliphatic rings. The van der Waals surface area contributed by atoms with Gasteiger partial charge in [-0.25, -0.2) is 0 Å². The van der Waals surface area contributed by atoms with E-state index in [1.165, 1.54) is 0 Å². The summed E-state index contributed by atoms with van der Waals surface area (Å²) in [6, 6.07) is 9.06. The number of carbonyl (C=O) groups is 1. The van der Waals surface area contributed by atoms with Crippen LogP contribution in [0, 0.1) is 0 Å². The van der Waals surface area contributed by atoms with Crippen LogP contribution in [0.25, 0.3) is 11.1 Å². The van der Waals surface area contributed by atoms with Crippen LogP contribution in [-0.4, -0.2) is 35.8 Å². The normalized spacial score (nSPS) is 24.3. The number of rotatable bonds is 4. The Morgan fingerprint density at radius 1 is 1.07 bits per heavy atom. The lowest BCUT2D eigenvalue weighted by molar-refractivity contribution is -0.0667. The Balaban J connectivity index is 1.82. The highest BCUT2D eigenvalue weighted by Gasteiger charge is 2.49. The summed E-state index contributed by atoms with van der Waals surface area (Å²) in [5.41, 5.74) is 6.16. The van der Waals surface area contributed by atoms with Gasteiger partial charge in [-0.15, -0.1) is 0 Å². The fourth-order valence-corrected chi connectivity index (χ4v) is 5.36. The molecule has 2 N–H and O–H groups in total. The van der Waals surface area contributed by atoms with Crippen molar-refractivity contribution < 1.29 is 24.5 Å². The number of fused-ring (bicyclic) bond motifs is 4. The van der Waals surface area contributed by atoms with Gasteiger partial charge in [-0.05, 0) is 52.8 Å². The average molecular weight is 392 g/mol. The monoisotopic (exact) mass is 392 g/mol. The summed E-state index contributed by atoms with van der Waals surface area (Å²) in [7, 11) is 1.67. The first kappa shape index (κ1) is 18.4. The van der Waals surface area contributed by atoms with Crippen LogP contribution in [0.2, 0.25) is 0 Å². The number of methoxy groups -OCH3 is 1. The van der Waals surface area contributed by atoms with Crippen molar-refractivity contribution in [1.29, 1.82) is 0 Å². The smallest absolute Gasteiger partial charge is 0.167 e. The summed E-state index contributed by atoms with van der Waals surface area (Å²) < 4.78 is 12.2. The average Bonchev–Trinajstić information content (AvgIpc) is 3.05. The molecule has 0 saturated heterocycles. The van der Waals surface area contributed by atoms with E-state index in [0.29, 0.717) is 25.0 Å². The van der Waals surface area contributed by atoms with E-state index in [2.05, 4.69) is 0 Å². The SMILES string of the molecule is CCCO[C@H]1c2c(O)cccc2C2=C3CCC(=O)c4c(O)ccc(c43)C2[C@H]1OC. The summed E-state index contributed by atoms with van der Waals surface area (Å²) in [5.74, 6) is 0.106. The van der Waals surface area contributed by atoms with Crippen LogP contribution in [0.1, 0.15) is 70.8 Å². The highest BCUT2D eigenvalue weighted by atomic mass is 16.5. The Kier molecular flexibility index (Phi) is 4.26. The molecule has 3 aliphatic carbocycles. The van der Waals surface area contributed by atoms with Gasteiger partial charge < -0.3 is 19.7 Å². The second-order valence-electron chi connectivity index (χ2n) is 7.95. The number of allylic oxidation sites excluding steroid dienone is 1. The zero-order valence-electron chi connectivity index (χ0n) is 16.6. The summed E-state index contributed by atoms with van der Waals surface area (Å²) in [6.45, 7) is 2.61. The van der Waals surface area contributed by atoms with Crippen LogP contribution in [-0.2, 0) is 9.47 Å². The number of aromatic hydroxyl groups is 2. The van der Waals surface area contributed by atoms with Crippen LogP contribution in [0.4, 0.5) is 0 Å². The molecule has 0 aliphatic heterocycles. The summed E-state index contributed by atoms with van der Waals surface area (Å²) >= 11 is 0. The molecule has 0 spiro atoms. The van der Waals surface area contributed by atoms with E-state index in [4.69, 9.17) is 9.47 Å². The summed E-state index contributed by atoms with van der Waals surface area (Å²) in [6.07, 6.45) is 1.11. The van der Waals surface area contributed by atoms with Gasteiger partial charge >= 0.3 is 0 Å². The third kappa shape index (κ3) is 2.44. The van der Waals surface area contributed by atoms with Gasteiger partial charge in [-0.2, -0.15) is 0 Å². The zero-order valence-corrected chi connectivity index (χ0v) is 16.6. The molecule has 2 aromatic rings. The quantitative estimate of drug-likeness (QED) is 0.797. The van der Waals surface area contributed by atoms with Crippen molar-refractivity contribution in [3.05, 3.63) is 58.1 Å². The molecule has 1 unspecified atom stereocenters. The third-order valence-corrected chi connectivity index (χ3v) is 6.43. The molecule has 0 bridgehead atoms. The molecule has 0 aromatic heterocycles. The fraction of sp³-hybridized carbons (Fsp3) is 0.375. The minimum Gasteiger partial charge on any atom is -0.508 e. The molecule has 0 heterocycles. The third-order valence-electron chi connectivity index (χ3n) is 6.43. The van der Waals surface area contributed by atoms with Crippen molar-refractivity contribution in [2.75, 3.05) is 13.7 Å². The minimum atomic E-state index is -0.411. The van der Waals surface area contributed by atoms with Crippen molar-refractivity contribution in [3.63, 3.8) is 0 Å². The summed E-state index contributed by atoms with van der Waals surface area (Å²) in [4.78, 5) is 12.6. The van der Waals surface area contributed by atoms with E-state index in [-0.39, 0.29) is 29.3 Å². The fourth-order valence-electron chi connectivity index (χ4n) is 5.36. The number of benzene rings is 2. The Labute approximate surface area is 169 Å². The van der Waals surface area contributed by atoms with Crippen LogP contribution in [0.3, 0.4) is 0 Å². The van der Waals surface area contributed by atoms with Crippen molar-refractivity contribution in [2.45, 2.75) is 44.3 Å². The van der Waals surface area contributed by atoms with Crippen molar-refractivity contribution in [2.24, 2.45) is 0 Å². The highest BCUT2D eigenvalue weighted by Crippen LogP contribution is 2.61. The van der Waals surface area contributed by atoms with E-state index in [1.807, 2.05) is 25.1 Å². The molecule has 0 radical (unpaired) electrons. The standard InChI is InChI=1S/C24H24O5/c1-3-11-29-24-20-12(5-4-6-15(20)25)18-13-7-9-16(26)22-17(27)10-8-14(19(13)22)21(18)23(24)28-2/h4-6,8,10,21,23-25,27H,3,7,9,11H2,1-2H3/t21?,23-,24+/m1/s1. The van der Waals surface area contributed by atoms with E-state index in [0.717, 1.165) is 39.8 Å². The largest absolute Gasteiger partial charge is 0.508 e. The number of ether oxygens (including phenoxy) is 2. The van der Waals surface area contributed by atoms with Crippen LogP contribution < -0.4 is 0 Å². The number of Topliss-reactive ketones (excluding diaryl/α,β-unsaturated/α-hetero) is 1. The van der Waals surface area contributed by atoms with E-state index in [9.17, 15) is 15.0 Å². The lowest BCUT2D eigenvalue weighted by Gasteiger charge is -2.39. The van der Waals surface area contributed by atoms with Gasteiger partial charge in [0.25, 0.3) is 0 Å². The van der Waals surface area contributed by atoms with E-state index in [1.54, 1.807) is 19.2 Å². The van der Waals surface area contributed by atoms with Gasteiger partial charge in [0.15, 0.2) is 5.78 Å². The molecule has 0 fully saturated rings. The van der Waals surface area contributed by atoms with Gasteiger partial charge in [0.2, 0.25) is 0 Å². The van der Waals surface area contributed by atoms with Crippen LogP contribution in [0.5, 0.6) is 11.5 Å². The molecule has 29 heavy (non-hydrogen) atoms. The topological polar surface area (TPSA) is 76.0 Å². The van der Waals surface area contributed by atoms with Crippen LogP contribution in [0.15, 0.2) is 30.3 Å². The number of hydrogen-bond acceptors (Lipinski definition) is 5. The molecule has 150 valence electrons. The molecule has 5 nitrogen and oxygen atoms in total. The van der Waals surface area contributed by atoms with Crippen LogP contribution >= 0.6 is 0 Å². The van der Waals surface area contributed by atoms with E-state index < -0.39 is 6.10 Å². The van der Waals surface area contributed by atoms with Crippen molar-refractivity contribution in [3.8, 4) is 11.5 Å². The highest BCUT2D eigenvalue weighted by molar-refractivity contribution is 6.14. The number of hydrogen-bond donors (Lipinski definition) is 2. The second-order valence-corrected chi connectivity index (χ2v) is 7.95. The number of phenols is 2. The molecule has 2 aromatic carbocycles. The number of carbonyl (C=O) groups excluding carboxylic acids is 1. The molecule has 0 saturated carbocycles. The Hall–Kier alpha value is -2.63. The molecule has 0 amide bonds. The predicted molar refractivity (Wildman–Crippen MR) is 109 cm³/mol. The number of ketones is 1. The molecule has 5 heteroatoms. The minimum absolute atomic E-state index is 0.0220. The second kappa shape index (κ2) is 6.71. The first-order chi connectivity index (χ1) is 14.1. The van der Waals surface area contributed by atoms with Gasteiger partial charge in [0, 0.05) is 31.6 Å². The summed E-state index contributed by atoms with van der Waals surface area (Å²) in [5, 5.41) is 21.2. The van der Waals surface area contributed by atoms with E-state index >= 15 is 0 Å². The zero-order chi connectivity index (χ0) is 20.3. The Bertz CT molecular complexity index is 1050.